The van der Waals surface area contributed by atoms with E-state index in [2.05, 4.69) is 11.9 Å². The Hall–Kier alpha value is -1.60. The molecule has 1 aromatic carbocycles. The van der Waals surface area contributed by atoms with Gasteiger partial charge in [-0.25, -0.2) is 13.2 Å². The second kappa shape index (κ2) is 4.75. The molecule has 1 saturated heterocycles. The Labute approximate surface area is 116 Å². The van der Waals surface area contributed by atoms with Gasteiger partial charge in [0.2, 0.25) is 10.0 Å². The number of rotatable bonds is 2. The summed E-state index contributed by atoms with van der Waals surface area (Å²) in [6.45, 7) is 3.21. The van der Waals surface area contributed by atoms with Gasteiger partial charge in [0.15, 0.2) is 5.58 Å². The van der Waals surface area contributed by atoms with Crippen molar-refractivity contribution in [2.75, 3.05) is 13.1 Å². The fourth-order valence-electron chi connectivity index (χ4n) is 2.46. The lowest BCUT2D eigenvalue weighted by Gasteiger charge is -2.29. The first kappa shape index (κ1) is 13.4. The zero-order valence-corrected chi connectivity index (χ0v) is 11.9. The second-order valence-electron chi connectivity index (χ2n) is 5.26. The fraction of sp³-hybridized carbons (Fsp3) is 0.462. The molecule has 1 fully saturated rings. The average molecular weight is 296 g/mol. The van der Waals surface area contributed by atoms with E-state index in [1.54, 1.807) is 6.07 Å². The summed E-state index contributed by atoms with van der Waals surface area (Å²) in [5, 5.41) is 0. The number of aromatic nitrogens is 1. The van der Waals surface area contributed by atoms with Crippen LogP contribution in [-0.4, -0.2) is 30.8 Å². The summed E-state index contributed by atoms with van der Waals surface area (Å²) in [6, 6.07) is 4.46. The van der Waals surface area contributed by atoms with Crippen LogP contribution in [0.1, 0.15) is 19.8 Å². The van der Waals surface area contributed by atoms with Crippen molar-refractivity contribution in [2.24, 2.45) is 5.92 Å². The van der Waals surface area contributed by atoms with Gasteiger partial charge in [0.25, 0.3) is 0 Å². The Morgan fingerprint density at radius 3 is 2.70 bits per heavy atom. The molecule has 0 unspecified atom stereocenters. The number of aromatic amines is 1. The zero-order valence-electron chi connectivity index (χ0n) is 11.1. The summed E-state index contributed by atoms with van der Waals surface area (Å²) >= 11 is 0. The Balaban J connectivity index is 1.98. The molecule has 0 radical (unpaired) electrons. The van der Waals surface area contributed by atoms with Crippen LogP contribution in [0.3, 0.4) is 0 Å². The molecule has 1 aliphatic rings. The van der Waals surface area contributed by atoms with Gasteiger partial charge < -0.3 is 4.42 Å². The maximum absolute atomic E-state index is 12.5. The van der Waals surface area contributed by atoms with Gasteiger partial charge in [-0.3, -0.25) is 4.98 Å². The third-order valence-electron chi connectivity index (χ3n) is 3.77. The lowest BCUT2D eigenvalue weighted by atomic mass is 10.0. The number of hydrogen-bond acceptors (Lipinski definition) is 4. The maximum Gasteiger partial charge on any atom is 0.417 e. The smallest absolute Gasteiger partial charge is 0.408 e. The van der Waals surface area contributed by atoms with Crippen molar-refractivity contribution < 1.29 is 12.8 Å². The Morgan fingerprint density at radius 1 is 1.30 bits per heavy atom. The van der Waals surface area contributed by atoms with E-state index >= 15 is 0 Å². The Kier molecular flexibility index (Phi) is 3.18. The van der Waals surface area contributed by atoms with E-state index in [9.17, 15) is 13.2 Å². The van der Waals surface area contributed by atoms with E-state index < -0.39 is 15.8 Å². The van der Waals surface area contributed by atoms with Crippen molar-refractivity contribution in [1.82, 2.24) is 9.29 Å². The van der Waals surface area contributed by atoms with Crippen molar-refractivity contribution in [1.29, 1.82) is 0 Å². The van der Waals surface area contributed by atoms with Crippen LogP contribution in [-0.2, 0) is 10.0 Å². The summed E-state index contributed by atoms with van der Waals surface area (Å²) in [6.07, 6.45) is 1.75. The number of oxazole rings is 1. The lowest BCUT2D eigenvalue weighted by Crippen LogP contribution is -2.37. The van der Waals surface area contributed by atoms with Gasteiger partial charge in [-0.15, -0.1) is 0 Å². The summed E-state index contributed by atoms with van der Waals surface area (Å²) in [5.74, 6) is -0.0204. The first-order chi connectivity index (χ1) is 9.46. The predicted molar refractivity (Wildman–Crippen MR) is 74.0 cm³/mol. The van der Waals surface area contributed by atoms with Crippen LogP contribution < -0.4 is 5.76 Å². The molecule has 0 aliphatic carbocycles. The highest BCUT2D eigenvalue weighted by Crippen LogP contribution is 2.25. The molecular formula is C13H16N2O4S. The van der Waals surface area contributed by atoms with Gasteiger partial charge in [0.1, 0.15) is 0 Å². The minimum atomic E-state index is -3.51. The first-order valence-electron chi connectivity index (χ1n) is 6.60. The van der Waals surface area contributed by atoms with Crippen molar-refractivity contribution >= 4 is 21.1 Å². The fourth-order valence-corrected chi connectivity index (χ4v) is 3.95. The number of benzene rings is 1. The number of hydrogen-bond donors (Lipinski definition) is 1. The molecule has 1 N–H and O–H groups in total. The highest BCUT2D eigenvalue weighted by molar-refractivity contribution is 7.89. The molecule has 0 atom stereocenters. The van der Waals surface area contributed by atoms with E-state index in [0.29, 0.717) is 24.5 Å². The topological polar surface area (TPSA) is 83.4 Å². The summed E-state index contributed by atoms with van der Waals surface area (Å²) in [5.41, 5.74) is 0.766. The molecule has 2 heterocycles. The number of sulfonamides is 1. The van der Waals surface area contributed by atoms with E-state index in [-0.39, 0.29) is 10.5 Å². The van der Waals surface area contributed by atoms with Gasteiger partial charge in [-0.1, -0.05) is 6.92 Å². The molecule has 0 saturated carbocycles. The highest BCUT2D eigenvalue weighted by Gasteiger charge is 2.28. The highest BCUT2D eigenvalue weighted by atomic mass is 32.2. The molecular weight excluding hydrogens is 280 g/mol. The van der Waals surface area contributed by atoms with Gasteiger partial charge in [-0.05, 0) is 30.9 Å². The molecule has 1 aromatic heterocycles. The van der Waals surface area contributed by atoms with Gasteiger partial charge >= 0.3 is 5.76 Å². The Bertz CT molecular complexity index is 782. The number of H-pyrrole nitrogens is 1. The number of nitrogens with zero attached hydrogens (tertiary/aromatic N) is 1. The quantitative estimate of drug-likeness (QED) is 0.911. The predicted octanol–water partition coefficient (Wildman–Crippen LogP) is 1.54. The van der Waals surface area contributed by atoms with Gasteiger partial charge in [0.05, 0.1) is 10.4 Å². The normalized spacial score (nSPS) is 18.6. The molecule has 3 rings (SSSR count). The molecule has 1 aliphatic heterocycles. The molecule has 7 heteroatoms. The molecule has 2 aromatic rings. The summed E-state index contributed by atoms with van der Waals surface area (Å²) in [7, 11) is -3.51. The van der Waals surface area contributed by atoms with E-state index in [4.69, 9.17) is 4.42 Å². The van der Waals surface area contributed by atoms with Crippen molar-refractivity contribution in [3.8, 4) is 0 Å². The summed E-state index contributed by atoms with van der Waals surface area (Å²) < 4.78 is 31.5. The third-order valence-corrected chi connectivity index (χ3v) is 5.67. The molecule has 0 amide bonds. The average Bonchev–Trinajstić information content (AvgIpc) is 2.78. The molecule has 6 nitrogen and oxygen atoms in total. The minimum absolute atomic E-state index is 0.169. The first-order valence-corrected chi connectivity index (χ1v) is 8.04. The van der Waals surface area contributed by atoms with Crippen LogP contribution in [0, 0.1) is 5.92 Å². The third kappa shape index (κ3) is 2.27. The van der Waals surface area contributed by atoms with E-state index in [1.807, 2.05) is 0 Å². The number of nitrogens with one attached hydrogen (secondary N) is 1. The van der Waals surface area contributed by atoms with Gasteiger partial charge in [0, 0.05) is 19.2 Å². The van der Waals surface area contributed by atoms with Crippen LogP contribution in [0.15, 0.2) is 32.3 Å². The van der Waals surface area contributed by atoms with Crippen molar-refractivity contribution in [3.05, 3.63) is 28.7 Å². The standard InChI is InChI=1S/C13H16N2O4S/c1-9-4-6-15(7-5-9)20(17,18)10-2-3-11-12(8-10)19-13(16)14-11/h2-3,8-9H,4-7H2,1H3,(H,14,16). The van der Waals surface area contributed by atoms with E-state index in [1.165, 1.54) is 16.4 Å². The number of piperidine rings is 1. The van der Waals surface area contributed by atoms with Crippen molar-refractivity contribution in [2.45, 2.75) is 24.7 Å². The van der Waals surface area contributed by atoms with Crippen LogP contribution in [0.5, 0.6) is 0 Å². The monoisotopic (exact) mass is 296 g/mol. The van der Waals surface area contributed by atoms with Crippen LogP contribution >= 0.6 is 0 Å². The second-order valence-corrected chi connectivity index (χ2v) is 7.20. The Morgan fingerprint density at radius 2 is 2.00 bits per heavy atom. The van der Waals surface area contributed by atoms with E-state index in [0.717, 1.165) is 12.8 Å². The molecule has 0 spiro atoms. The summed E-state index contributed by atoms with van der Waals surface area (Å²) in [4.78, 5) is 13.8. The molecule has 0 bridgehead atoms. The lowest BCUT2D eigenvalue weighted by molar-refractivity contribution is 0.288. The molecule has 108 valence electrons. The number of fused-ring (bicyclic) bond motifs is 1. The van der Waals surface area contributed by atoms with Crippen molar-refractivity contribution in [3.63, 3.8) is 0 Å². The maximum atomic E-state index is 12.5. The van der Waals surface area contributed by atoms with Crippen LogP contribution in [0.25, 0.3) is 11.1 Å². The van der Waals surface area contributed by atoms with Crippen LogP contribution in [0.2, 0.25) is 0 Å². The SMILES string of the molecule is CC1CCN(S(=O)(=O)c2ccc3[nH]c(=O)oc3c2)CC1. The molecule has 20 heavy (non-hydrogen) atoms. The van der Waals surface area contributed by atoms with Crippen LogP contribution in [0.4, 0.5) is 0 Å². The zero-order chi connectivity index (χ0) is 14.3. The van der Waals surface area contributed by atoms with Gasteiger partial charge in [-0.2, -0.15) is 4.31 Å². The largest absolute Gasteiger partial charge is 0.417 e. The minimum Gasteiger partial charge on any atom is -0.408 e.